The van der Waals surface area contributed by atoms with Gasteiger partial charge in [0.05, 0.1) is 94.3 Å². The number of azide groups is 2. The van der Waals surface area contributed by atoms with Crippen LogP contribution in [-0.4, -0.2) is 212 Å². The second-order valence-corrected chi connectivity index (χ2v) is 28.3. The van der Waals surface area contributed by atoms with Gasteiger partial charge in [0.15, 0.2) is 50.9 Å². The number of aromatic amines is 4. The van der Waals surface area contributed by atoms with E-state index in [9.17, 15) is 37.4 Å². The fourth-order valence-electron chi connectivity index (χ4n) is 11.0. The summed E-state index contributed by atoms with van der Waals surface area (Å²) in [6.07, 6.45) is 0.494. The Kier molecular flexibility index (Phi) is 50.5. The van der Waals surface area contributed by atoms with Crippen LogP contribution in [0.3, 0.4) is 0 Å². The topological polar surface area (TPSA) is 961 Å². The second-order valence-electron chi connectivity index (χ2n) is 22.8. The van der Waals surface area contributed by atoms with Crippen LogP contribution >= 0.6 is 66.0 Å². The minimum Gasteiger partial charge on any atom is -0.369 e. The number of rotatable bonds is 18. The molecule has 636 valence electrons. The maximum atomic E-state index is 11.9. The molecule has 0 amide bonds. The molecular formula is C44H76N28O32P8Y4. The van der Waals surface area contributed by atoms with Gasteiger partial charge in [-0.05, 0) is 17.0 Å². The Morgan fingerprint density at radius 2 is 0.647 bits per heavy atom. The van der Waals surface area contributed by atoms with Gasteiger partial charge in [-0.2, -0.15) is 19.9 Å². The van der Waals surface area contributed by atoms with Crippen LogP contribution in [0.4, 0.5) is 23.8 Å². The Morgan fingerprint density at radius 3 is 0.966 bits per heavy atom. The maximum Gasteiger partial charge on any atom is 0.316 e. The third-order valence-electron chi connectivity index (χ3n) is 15.8. The molecule has 4 aliphatic rings. The molecule has 4 saturated heterocycles. The summed E-state index contributed by atoms with van der Waals surface area (Å²) >= 11 is 0. The molecule has 28 N–H and O–H groups in total. The summed E-state index contributed by atoms with van der Waals surface area (Å²) in [6, 6.07) is -2.17. The van der Waals surface area contributed by atoms with Gasteiger partial charge in [0, 0.05) is 164 Å². The molecule has 116 heavy (non-hydrogen) atoms. The predicted octanol–water partition coefficient (Wildman–Crippen LogP) is -4.02. The van der Waals surface area contributed by atoms with Crippen LogP contribution in [0.15, 0.2) is 54.7 Å². The molecule has 0 aliphatic carbocycles. The van der Waals surface area contributed by atoms with Crippen LogP contribution in [-0.2, 0) is 204 Å². The molecule has 12 heterocycles. The van der Waals surface area contributed by atoms with Crippen molar-refractivity contribution in [1.82, 2.24) is 78.1 Å². The van der Waals surface area contributed by atoms with E-state index < -0.39 is 162 Å². The fraction of sp³-hybridized carbons (Fsp3) is 0.545. The van der Waals surface area contributed by atoms with E-state index in [1.807, 2.05) is 13.8 Å². The van der Waals surface area contributed by atoms with Gasteiger partial charge in [0.2, 0.25) is 23.8 Å². The number of hydrogen-bond acceptors (Lipinski definition) is 36. The number of aromatic nitrogens is 16. The van der Waals surface area contributed by atoms with E-state index in [0.29, 0.717) is 0 Å². The van der Waals surface area contributed by atoms with Gasteiger partial charge in [0.1, 0.15) is 18.7 Å². The van der Waals surface area contributed by atoms with Crippen molar-refractivity contribution in [1.29, 1.82) is 0 Å². The van der Waals surface area contributed by atoms with Crippen LogP contribution in [0, 0.1) is 23.7 Å². The molecule has 8 aromatic rings. The number of imidazole rings is 4. The molecule has 12 unspecified atom stereocenters. The third kappa shape index (κ3) is 32.4. The summed E-state index contributed by atoms with van der Waals surface area (Å²) in [5, 5.41) is 7.44. The number of H-pyrrole nitrogens is 4. The van der Waals surface area contributed by atoms with E-state index in [1.165, 1.54) is 39.0 Å². The van der Waals surface area contributed by atoms with Gasteiger partial charge in [-0.15, -0.1) is 0 Å². The summed E-state index contributed by atoms with van der Waals surface area (Å²) in [7, 11) is -24.9. The van der Waals surface area contributed by atoms with Crippen molar-refractivity contribution in [2.75, 3.05) is 49.4 Å². The van der Waals surface area contributed by atoms with E-state index in [1.54, 1.807) is 18.4 Å². The Bertz CT molecular complexity index is 4900. The first-order valence-corrected chi connectivity index (χ1v) is 41.0. The summed E-state index contributed by atoms with van der Waals surface area (Å²) < 4.78 is 126. The molecule has 72 heteroatoms. The first kappa shape index (κ1) is 111. The Hall–Kier alpha value is -3.40. The van der Waals surface area contributed by atoms with Crippen molar-refractivity contribution in [3.05, 3.63) is 87.6 Å². The van der Waals surface area contributed by atoms with Gasteiger partial charge in [-0.1, -0.05) is 37.9 Å². The largest absolute Gasteiger partial charge is 0.369 e. The zero-order valence-electron chi connectivity index (χ0n) is 59.7. The number of hydrogen-bond donors (Lipinski definition) is 22. The van der Waals surface area contributed by atoms with Crippen molar-refractivity contribution in [3.63, 3.8) is 0 Å². The van der Waals surface area contributed by atoms with Gasteiger partial charge >= 0.3 is 66.0 Å². The van der Waals surface area contributed by atoms with Crippen molar-refractivity contribution in [2.24, 2.45) is 45.4 Å². The molecule has 8 aromatic heterocycles. The third-order valence-corrected chi connectivity index (χ3v) is 17.5. The van der Waals surface area contributed by atoms with E-state index >= 15 is 0 Å². The molecule has 4 aliphatic heterocycles. The zero-order chi connectivity index (χ0) is 84.0. The Morgan fingerprint density at radius 1 is 0.397 bits per heavy atom. The quantitative estimate of drug-likeness (QED) is 0.0168. The van der Waals surface area contributed by atoms with Crippen molar-refractivity contribution < 1.29 is 263 Å². The molecule has 20 atom stereocenters. The van der Waals surface area contributed by atoms with Gasteiger partial charge in [0.25, 0.3) is 22.2 Å². The van der Waals surface area contributed by atoms with E-state index in [0.717, 1.165) is 0 Å². The molecule has 4 radical (unpaired) electrons. The molecular weight excluding hydrogens is 2040 g/mol. The molecule has 0 spiro atoms. The molecule has 0 aromatic carbocycles. The molecule has 0 saturated carbocycles. The summed E-state index contributed by atoms with van der Waals surface area (Å²) in [5.41, 5.74) is 51.6. The maximum absolute atomic E-state index is 11.9. The summed E-state index contributed by atoms with van der Waals surface area (Å²) in [6.45, 7) is 6.72. The molecule has 0 bridgehead atoms. The normalized spacial score (nSPS) is 24.5. The SMILES string of the molecule is CC1C(N)[C@@H](CO[PH](=O)O)O[C@H]1n1cnc2c(=O)[nH]c(N)nc21.CC1C(N)[C@H](n2cnc3c(=O)[nH]c(N)nc32)O[C@@H]1CO[PH](=O)O.CC1C(N=[N+]=[N-])[C@@H](CO[PH](=O)O)O[C@H]1n1cnc2c(=O)[nH]c(N)nc21.CC1C(N=[N+]=[N-])[C@H](n2cnc3c(=O)[nH]c(N)nc32)O[C@@H]1CO[PH](=O)O.O=[PH](O)O.O=[PH](O)O.O=[PH](O)O.O=[PH](O)O.[Y].[Y].[Y].[Y]. The van der Waals surface area contributed by atoms with E-state index in [2.05, 4.69) is 79.9 Å². The Labute approximate surface area is 751 Å². The van der Waals surface area contributed by atoms with E-state index in [-0.39, 0.29) is 249 Å². The first-order chi connectivity index (χ1) is 52.5. The van der Waals surface area contributed by atoms with Gasteiger partial charge in [-0.3, -0.25) is 93.9 Å². The predicted molar refractivity (Wildman–Crippen MR) is 387 cm³/mol. The summed E-state index contributed by atoms with van der Waals surface area (Å²) in [4.78, 5) is 187. The van der Waals surface area contributed by atoms with Gasteiger partial charge in [-0.25, -0.2) is 19.9 Å². The number of nitrogens with one attached hydrogen (secondary N) is 4. The number of ether oxygens (including phenoxy) is 4. The second kappa shape index (κ2) is 52.9. The molecule has 4 fully saturated rings. The first-order valence-electron chi connectivity index (χ1n) is 30.7. The molecule has 60 nitrogen and oxygen atoms in total. The number of anilines is 4. The van der Waals surface area contributed by atoms with Crippen LogP contribution < -0.4 is 56.6 Å². The standard InChI is InChI=1S/2C11H15N8O5P.2C11H17N6O5P.4H3O3P.4Y/c1-4-6(17-18-13)5(2-23-25(21)22)24-10(4)19-3-14-7-8(19)15-11(12)16-9(7)20;1-4-5(2-23-25(21)22)24-10(6(4)17-18-13)19-3-14-7-8(19)15-11(12)16-9(7)20;1-4-6(12)5(2-21-23(19)20)22-10(4)17-3-14-7-8(17)15-11(13)16-9(7)18;1-4-5(2-21-23(19)20)22-10(6(4)12)17-3-14-7-8(17)15-11(13)16-9(7)18;4*1-4(2)3;;;;/h2*3-6,10,25H,2H2,1H3,(H,21,22)(H3,12,15,16,20);2*3-6,10,23H,2,12H2,1H3,(H,19,20)(H3,13,15,16,18);4*4H,(H2,1,2,3);;;;/t4*4?,5-,6?,10-;;;;;;;;/m1111......../s1. The monoisotopic (exact) mass is 2110 g/mol. The minimum absolute atomic E-state index is 0. The van der Waals surface area contributed by atoms with Crippen LogP contribution in [0.5, 0.6) is 0 Å². The molecule has 12 rings (SSSR count). The van der Waals surface area contributed by atoms with Crippen molar-refractivity contribution in [3.8, 4) is 0 Å². The average molecular weight is 2110 g/mol. The summed E-state index contributed by atoms with van der Waals surface area (Å²) in [5.74, 6) is -1.20. The Balaban J connectivity index is 0.000000718. The minimum atomic E-state index is -3.15. The van der Waals surface area contributed by atoms with Crippen LogP contribution in [0.1, 0.15) is 52.6 Å². The zero-order valence-corrected chi connectivity index (χ0v) is 79.1. The number of fused-ring (bicyclic) bond motifs is 4. The van der Waals surface area contributed by atoms with Crippen LogP contribution in [0.2, 0.25) is 0 Å². The average Bonchev–Trinajstić information content (AvgIpc) is 1.64. The fourth-order valence-corrected chi connectivity index (χ4v) is 12.2. The smallest absolute Gasteiger partial charge is 0.316 e. The van der Waals surface area contributed by atoms with Crippen LogP contribution in [0.25, 0.3) is 65.5 Å². The van der Waals surface area contributed by atoms with Crippen molar-refractivity contribution in [2.45, 2.75) is 101 Å². The number of nitrogen functional groups attached to an aromatic ring is 4. The van der Waals surface area contributed by atoms with Crippen molar-refractivity contribution >= 4 is 134 Å². The van der Waals surface area contributed by atoms with E-state index in [4.69, 9.17) is 159 Å². The number of nitrogens with two attached hydrogens (primary N) is 6. The number of nitrogens with zero attached hydrogens (tertiary/aromatic N) is 18. The van der Waals surface area contributed by atoms with Gasteiger partial charge < -0.3 is 130 Å².